The zero-order chi connectivity index (χ0) is 15.5. The van der Waals surface area contributed by atoms with E-state index in [2.05, 4.69) is 27.6 Å². The first kappa shape index (κ1) is 15.3. The first-order valence-corrected chi connectivity index (χ1v) is 8.31. The van der Waals surface area contributed by atoms with E-state index in [9.17, 15) is 4.79 Å². The average Bonchev–Trinajstić information content (AvgIpc) is 3.38. The Morgan fingerprint density at radius 3 is 2.64 bits per heavy atom. The van der Waals surface area contributed by atoms with Crippen molar-refractivity contribution in [2.45, 2.75) is 25.4 Å². The van der Waals surface area contributed by atoms with Gasteiger partial charge in [-0.05, 0) is 65.3 Å². The summed E-state index contributed by atoms with van der Waals surface area (Å²) in [6.07, 6.45) is 3.88. The normalized spacial score (nSPS) is 13.7. The van der Waals surface area contributed by atoms with Crippen LogP contribution in [-0.2, 0) is 6.54 Å². The maximum absolute atomic E-state index is 12.8. The number of methoxy groups -OCH3 is 1. The lowest BCUT2D eigenvalue weighted by Gasteiger charge is -2.23. The standard InChI is InChI=1S/C17H17IN2O2/c1-22-14-8-4-12(5-9-14)11-20(13-6-7-13)17(21)15-3-2-10-19-16(15)18/h2-5,8-10,13H,6-7,11H2,1H3. The van der Waals surface area contributed by atoms with Gasteiger partial charge in [0.1, 0.15) is 9.45 Å². The molecule has 0 unspecified atom stereocenters. The Hall–Kier alpha value is -1.63. The van der Waals surface area contributed by atoms with Crippen LogP contribution in [0, 0.1) is 3.70 Å². The smallest absolute Gasteiger partial charge is 0.257 e. The van der Waals surface area contributed by atoms with Gasteiger partial charge in [-0.1, -0.05) is 12.1 Å². The number of ether oxygens (including phenoxy) is 1. The molecule has 1 aromatic carbocycles. The second kappa shape index (κ2) is 6.64. The summed E-state index contributed by atoms with van der Waals surface area (Å²) >= 11 is 2.12. The second-order valence-corrected chi connectivity index (χ2v) is 6.38. The molecule has 0 spiro atoms. The van der Waals surface area contributed by atoms with Gasteiger partial charge in [0.05, 0.1) is 12.7 Å². The third kappa shape index (κ3) is 3.40. The molecular formula is C17H17IN2O2. The largest absolute Gasteiger partial charge is 0.497 e. The molecule has 3 rings (SSSR count). The molecule has 0 N–H and O–H groups in total. The first-order valence-electron chi connectivity index (χ1n) is 7.23. The highest BCUT2D eigenvalue weighted by molar-refractivity contribution is 14.1. The van der Waals surface area contributed by atoms with Crippen LogP contribution < -0.4 is 4.74 Å². The maximum atomic E-state index is 12.8. The molecule has 114 valence electrons. The number of amides is 1. The van der Waals surface area contributed by atoms with Crippen LogP contribution in [0.2, 0.25) is 0 Å². The fourth-order valence-corrected chi connectivity index (χ4v) is 2.95. The monoisotopic (exact) mass is 408 g/mol. The quantitative estimate of drug-likeness (QED) is 0.562. The van der Waals surface area contributed by atoms with E-state index in [0.29, 0.717) is 18.2 Å². The van der Waals surface area contributed by atoms with E-state index >= 15 is 0 Å². The van der Waals surface area contributed by atoms with E-state index in [1.807, 2.05) is 41.3 Å². The number of carbonyl (C=O) groups excluding carboxylic acids is 1. The SMILES string of the molecule is COc1ccc(CN(C(=O)c2cccnc2I)C2CC2)cc1. The molecule has 1 heterocycles. The molecule has 0 radical (unpaired) electrons. The number of nitrogens with zero attached hydrogens (tertiary/aromatic N) is 2. The van der Waals surface area contributed by atoms with Gasteiger partial charge in [0.25, 0.3) is 5.91 Å². The van der Waals surface area contributed by atoms with Crippen LogP contribution in [0.25, 0.3) is 0 Å². The van der Waals surface area contributed by atoms with Crippen LogP contribution in [0.1, 0.15) is 28.8 Å². The third-order valence-electron chi connectivity index (χ3n) is 3.75. The van der Waals surface area contributed by atoms with E-state index in [1.165, 1.54) is 0 Å². The Labute approximate surface area is 143 Å². The number of pyridine rings is 1. The Kier molecular flexibility index (Phi) is 4.61. The van der Waals surface area contributed by atoms with Crippen molar-refractivity contribution in [3.8, 4) is 5.75 Å². The number of carbonyl (C=O) groups is 1. The molecule has 1 aromatic heterocycles. The predicted molar refractivity (Wildman–Crippen MR) is 92.8 cm³/mol. The number of hydrogen-bond acceptors (Lipinski definition) is 3. The van der Waals surface area contributed by atoms with E-state index in [-0.39, 0.29) is 5.91 Å². The molecule has 0 aliphatic heterocycles. The lowest BCUT2D eigenvalue weighted by Crippen LogP contribution is -2.33. The fourth-order valence-electron chi connectivity index (χ4n) is 2.38. The second-order valence-electron chi connectivity index (χ2n) is 5.35. The number of hydrogen-bond donors (Lipinski definition) is 0. The fraction of sp³-hybridized carbons (Fsp3) is 0.294. The highest BCUT2D eigenvalue weighted by Gasteiger charge is 2.33. The summed E-state index contributed by atoms with van der Waals surface area (Å²) in [5, 5.41) is 0. The molecule has 1 aliphatic rings. The van der Waals surface area contributed by atoms with Crippen LogP contribution in [0.4, 0.5) is 0 Å². The Bertz CT molecular complexity index is 669. The number of aromatic nitrogens is 1. The lowest BCUT2D eigenvalue weighted by molar-refractivity contribution is 0.0728. The van der Waals surface area contributed by atoms with Gasteiger partial charge in [0, 0.05) is 18.8 Å². The molecule has 1 amide bonds. The molecule has 0 bridgehead atoms. The van der Waals surface area contributed by atoms with Gasteiger partial charge in [-0.2, -0.15) is 0 Å². The molecule has 2 aromatic rings. The van der Waals surface area contributed by atoms with E-state index < -0.39 is 0 Å². The molecule has 22 heavy (non-hydrogen) atoms. The van der Waals surface area contributed by atoms with Crippen molar-refractivity contribution in [3.05, 3.63) is 57.4 Å². The minimum atomic E-state index is 0.0656. The van der Waals surface area contributed by atoms with Crippen molar-refractivity contribution >= 4 is 28.5 Å². The third-order valence-corrected chi connectivity index (χ3v) is 4.61. The number of benzene rings is 1. The number of rotatable bonds is 5. The number of halogens is 1. The zero-order valence-corrected chi connectivity index (χ0v) is 14.5. The van der Waals surface area contributed by atoms with Gasteiger partial charge in [-0.3, -0.25) is 4.79 Å². The summed E-state index contributed by atoms with van der Waals surface area (Å²) in [5.74, 6) is 0.894. The highest BCUT2D eigenvalue weighted by atomic mass is 127. The van der Waals surface area contributed by atoms with Crippen LogP contribution >= 0.6 is 22.6 Å². The maximum Gasteiger partial charge on any atom is 0.257 e. The Balaban J connectivity index is 1.80. The molecule has 0 atom stereocenters. The summed E-state index contributed by atoms with van der Waals surface area (Å²) in [7, 11) is 1.65. The van der Waals surface area contributed by atoms with E-state index in [4.69, 9.17) is 4.74 Å². The van der Waals surface area contributed by atoms with Crippen molar-refractivity contribution in [3.63, 3.8) is 0 Å². The molecular weight excluding hydrogens is 391 g/mol. The van der Waals surface area contributed by atoms with Gasteiger partial charge in [-0.25, -0.2) is 4.98 Å². The summed E-state index contributed by atoms with van der Waals surface area (Å²) in [6, 6.07) is 11.9. The van der Waals surface area contributed by atoms with Crippen molar-refractivity contribution in [1.82, 2.24) is 9.88 Å². The summed E-state index contributed by atoms with van der Waals surface area (Å²) in [4.78, 5) is 19.0. The van der Waals surface area contributed by atoms with Crippen molar-refractivity contribution in [1.29, 1.82) is 0 Å². The average molecular weight is 408 g/mol. The van der Waals surface area contributed by atoms with Crippen LogP contribution in [0.3, 0.4) is 0 Å². The first-order chi connectivity index (χ1) is 10.7. The van der Waals surface area contributed by atoms with E-state index in [1.54, 1.807) is 13.3 Å². The van der Waals surface area contributed by atoms with Crippen LogP contribution in [0.15, 0.2) is 42.6 Å². The molecule has 1 fully saturated rings. The molecule has 5 heteroatoms. The molecule has 4 nitrogen and oxygen atoms in total. The van der Waals surface area contributed by atoms with Gasteiger partial charge >= 0.3 is 0 Å². The summed E-state index contributed by atoms with van der Waals surface area (Å²) in [6.45, 7) is 0.623. The van der Waals surface area contributed by atoms with Crippen molar-refractivity contribution in [2.75, 3.05) is 7.11 Å². The molecule has 0 saturated heterocycles. The minimum absolute atomic E-state index is 0.0656. The predicted octanol–water partition coefficient (Wildman–Crippen LogP) is 3.50. The van der Waals surface area contributed by atoms with Gasteiger partial charge in [0.15, 0.2) is 0 Å². The summed E-state index contributed by atoms with van der Waals surface area (Å²) in [5.41, 5.74) is 1.79. The lowest BCUT2D eigenvalue weighted by atomic mass is 10.1. The van der Waals surface area contributed by atoms with Crippen LogP contribution in [0.5, 0.6) is 5.75 Å². The van der Waals surface area contributed by atoms with Gasteiger partial charge < -0.3 is 9.64 Å². The highest BCUT2D eigenvalue weighted by Crippen LogP contribution is 2.30. The Morgan fingerprint density at radius 1 is 1.32 bits per heavy atom. The van der Waals surface area contributed by atoms with Gasteiger partial charge in [0.2, 0.25) is 0 Å². The molecule has 1 aliphatic carbocycles. The Morgan fingerprint density at radius 2 is 2.05 bits per heavy atom. The molecule has 1 saturated carbocycles. The van der Waals surface area contributed by atoms with Crippen molar-refractivity contribution < 1.29 is 9.53 Å². The summed E-state index contributed by atoms with van der Waals surface area (Å²) < 4.78 is 5.93. The van der Waals surface area contributed by atoms with Crippen molar-refractivity contribution in [2.24, 2.45) is 0 Å². The van der Waals surface area contributed by atoms with Gasteiger partial charge in [-0.15, -0.1) is 0 Å². The van der Waals surface area contributed by atoms with E-state index in [0.717, 1.165) is 27.9 Å². The topological polar surface area (TPSA) is 42.4 Å². The van der Waals surface area contributed by atoms with Crippen LogP contribution in [-0.4, -0.2) is 28.9 Å². The minimum Gasteiger partial charge on any atom is -0.497 e. The zero-order valence-electron chi connectivity index (χ0n) is 12.3.